The topological polar surface area (TPSA) is 32.7 Å². The molecule has 0 aromatic heterocycles. The Bertz CT molecular complexity index is 259. The molecule has 1 amide bonds. The molecule has 2 heterocycles. The lowest BCUT2D eigenvalue weighted by molar-refractivity contribution is -0.122. The number of hydrogen-bond acceptors (Lipinski definition) is 3. The molecule has 1 saturated heterocycles. The maximum atomic E-state index is 11.2. The predicted molar refractivity (Wildman–Crippen MR) is 45.4 cm³/mol. The summed E-state index contributed by atoms with van der Waals surface area (Å²) in [5.74, 6) is 0.649. The Labute approximate surface area is 69.2 Å². The molecule has 0 atom stereocenters. The molecule has 0 radical (unpaired) electrons. The Morgan fingerprint density at radius 2 is 2.45 bits per heavy atom. The molecule has 0 aromatic rings. The van der Waals surface area contributed by atoms with Crippen LogP contribution in [0.2, 0.25) is 0 Å². The van der Waals surface area contributed by atoms with Gasteiger partial charge < -0.3 is 0 Å². The molecule has 2 aliphatic rings. The van der Waals surface area contributed by atoms with E-state index >= 15 is 0 Å². The number of rotatable bonds is 0. The largest absolute Gasteiger partial charge is 0.273 e. The van der Waals surface area contributed by atoms with E-state index in [-0.39, 0.29) is 5.91 Å². The molecule has 0 bridgehead atoms. The van der Waals surface area contributed by atoms with E-state index in [0.29, 0.717) is 5.75 Å². The molecule has 2 aliphatic heterocycles. The zero-order chi connectivity index (χ0) is 7.84. The van der Waals surface area contributed by atoms with Gasteiger partial charge in [-0.3, -0.25) is 14.7 Å². The SMILES string of the molecule is C=C1CCN=C2SCC(=O)N12. The number of aliphatic imine (C=N–C) groups is 1. The third-order valence-corrected chi connectivity index (χ3v) is 2.69. The fraction of sp³-hybridized carbons (Fsp3) is 0.429. The van der Waals surface area contributed by atoms with Gasteiger partial charge in [-0.15, -0.1) is 0 Å². The van der Waals surface area contributed by atoms with E-state index in [0.717, 1.165) is 23.8 Å². The van der Waals surface area contributed by atoms with Gasteiger partial charge in [0.15, 0.2) is 5.17 Å². The molecule has 0 saturated carbocycles. The van der Waals surface area contributed by atoms with Gasteiger partial charge in [-0.1, -0.05) is 18.3 Å². The molecule has 2 rings (SSSR count). The van der Waals surface area contributed by atoms with Gasteiger partial charge in [-0.2, -0.15) is 0 Å². The highest BCUT2D eigenvalue weighted by Crippen LogP contribution is 2.27. The first-order valence-electron chi connectivity index (χ1n) is 3.47. The van der Waals surface area contributed by atoms with E-state index in [1.807, 2.05) is 0 Å². The fourth-order valence-corrected chi connectivity index (χ4v) is 2.11. The van der Waals surface area contributed by atoms with Gasteiger partial charge in [-0.05, 0) is 0 Å². The number of thioether (sulfide) groups is 1. The Morgan fingerprint density at radius 3 is 3.18 bits per heavy atom. The quantitative estimate of drug-likeness (QED) is 0.537. The maximum absolute atomic E-state index is 11.2. The lowest BCUT2D eigenvalue weighted by Gasteiger charge is -2.21. The van der Waals surface area contributed by atoms with Crippen LogP contribution in [0.4, 0.5) is 0 Å². The highest BCUT2D eigenvalue weighted by Gasteiger charge is 2.31. The average Bonchev–Trinajstić information content (AvgIpc) is 2.34. The van der Waals surface area contributed by atoms with E-state index in [4.69, 9.17) is 0 Å². The smallest absolute Gasteiger partial charge is 0.243 e. The van der Waals surface area contributed by atoms with Crippen LogP contribution in [0, 0.1) is 0 Å². The Balaban J connectivity index is 2.36. The average molecular weight is 168 g/mol. The van der Waals surface area contributed by atoms with Gasteiger partial charge in [-0.25, -0.2) is 0 Å². The Hall–Kier alpha value is -0.770. The van der Waals surface area contributed by atoms with Crippen molar-refractivity contribution in [2.24, 2.45) is 4.99 Å². The number of amidine groups is 1. The van der Waals surface area contributed by atoms with Crippen molar-refractivity contribution in [1.82, 2.24) is 4.90 Å². The Morgan fingerprint density at radius 1 is 1.64 bits per heavy atom. The highest BCUT2D eigenvalue weighted by atomic mass is 32.2. The first-order valence-corrected chi connectivity index (χ1v) is 4.45. The van der Waals surface area contributed by atoms with Crippen molar-refractivity contribution in [3.63, 3.8) is 0 Å². The monoisotopic (exact) mass is 168 g/mol. The lowest BCUT2D eigenvalue weighted by Crippen LogP contribution is -2.31. The van der Waals surface area contributed by atoms with Crippen LogP contribution >= 0.6 is 11.8 Å². The second-order valence-corrected chi connectivity index (χ2v) is 3.44. The molecule has 4 heteroatoms. The number of carbonyl (C=O) groups excluding carboxylic acids is 1. The summed E-state index contributed by atoms with van der Waals surface area (Å²) in [5, 5.41) is 0.839. The molecule has 11 heavy (non-hydrogen) atoms. The summed E-state index contributed by atoms with van der Waals surface area (Å²) >= 11 is 1.50. The fourth-order valence-electron chi connectivity index (χ4n) is 1.18. The molecule has 0 spiro atoms. The van der Waals surface area contributed by atoms with Crippen LogP contribution in [0.5, 0.6) is 0 Å². The molecule has 0 aliphatic carbocycles. The van der Waals surface area contributed by atoms with E-state index < -0.39 is 0 Å². The van der Waals surface area contributed by atoms with Crippen molar-refractivity contribution in [2.45, 2.75) is 6.42 Å². The second-order valence-electron chi connectivity index (χ2n) is 2.50. The minimum Gasteiger partial charge on any atom is -0.273 e. The minimum atomic E-state index is 0.124. The molecule has 0 unspecified atom stereocenters. The third-order valence-electron chi connectivity index (χ3n) is 1.73. The first kappa shape index (κ1) is 6.91. The van der Waals surface area contributed by atoms with E-state index in [9.17, 15) is 4.79 Å². The van der Waals surface area contributed by atoms with Crippen LogP contribution in [-0.4, -0.2) is 28.3 Å². The number of hydrogen-bond donors (Lipinski definition) is 0. The zero-order valence-electron chi connectivity index (χ0n) is 6.04. The van der Waals surface area contributed by atoms with Crippen molar-refractivity contribution in [2.75, 3.05) is 12.3 Å². The van der Waals surface area contributed by atoms with E-state index in [2.05, 4.69) is 11.6 Å². The normalized spacial score (nSPS) is 23.6. The number of nitrogens with zero attached hydrogens (tertiary/aromatic N) is 2. The summed E-state index contributed by atoms with van der Waals surface area (Å²) in [6, 6.07) is 0. The summed E-state index contributed by atoms with van der Waals surface area (Å²) in [7, 11) is 0. The number of amides is 1. The second kappa shape index (κ2) is 2.37. The van der Waals surface area contributed by atoms with Crippen molar-refractivity contribution in [1.29, 1.82) is 0 Å². The highest BCUT2D eigenvalue weighted by molar-refractivity contribution is 8.15. The van der Waals surface area contributed by atoms with E-state index in [1.54, 1.807) is 4.90 Å². The van der Waals surface area contributed by atoms with Crippen molar-refractivity contribution >= 4 is 22.8 Å². The summed E-state index contributed by atoms with van der Waals surface area (Å²) < 4.78 is 0. The van der Waals surface area contributed by atoms with Gasteiger partial charge in [0, 0.05) is 18.7 Å². The molecule has 0 aromatic carbocycles. The molecular formula is C7H8N2OS. The third kappa shape index (κ3) is 0.976. The van der Waals surface area contributed by atoms with Crippen molar-refractivity contribution < 1.29 is 4.79 Å². The molecule has 1 fully saturated rings. The van der Waals surface area contributed by atoms with E-state index in [1.165, 1.54) is 11.8 Å². The van der Waals surface area contributed by atoms with Gasteiger partial charge in [0.05, 0.1) is 5.75 Å². The van der Waals surface area contributed by atoms with Crippen LogP contribution in [0.3, 0.4) is 0 Å². The summed E-state index contributed by atoms with van der Waals surface area (Å²) in [5.41, 5.74) is 0.894. The van der Waals surface area contributed by atoms with Crippen molar-refractivity contribution in [3.05, 3.63) is 12.3 Å². The summed E-state index contributed by atoms with van der Waals surface area (Å²) in [4.78, 5) is 17.0. The van der Waals surface area contributed by atoms with Gasteiger partial charge >= 0.3 is 0 Å². The van der Waals surface area contributed by atoms with Gasteiger partial charge in [0.1, 0.15) is 0 Å². The van der Waals surface area contributed by atoms with Crippen molar-refractivity contribution in [3.8, 4) is 0 Å². The van der Waals surface area contributed by atoms with Crippen LogP contribution in [0.25, 0.3) is 0 Å². The van der Waals surface area contributed by atoms with Gasteiger partial charge in [0.25, 0.3) is 0 Å². The minimum absolute atomic E-state index is 0.124. The predicted octanol–water partition coefficient (Wildman–Crippen LogP) is 0.835. The molecule has 0 N–H and O–H groups in total. The summed E-state index contributed by atoms with van der Waals surface area (Å²) in [6.45, 7) is 4.60. The lowest BCUT2D eigenvalue weighted by atomic mass is 10.3. The zero-order valence-corrected chi connectivity index (χ0v) is 6.86. The molecular weight excluding hydrogens is 160 g/mol. The van der Waals surface area contributed by atoms with Crippen LogP contribution in [-0.2, 0) is 4.79 Å². The van der Waals surface area contributed by atoms with Crippen LogP contribution < -0.4 is 0 Å². The summed E-state index contributed by atoms with van der Waals surface area (Å²) in [6.07, 6.45) is 0.815. The first-order chi connectivity index (χ1) is 5.29. The number of fused-ring (bicyclic) bond motifs is 1. The molecule has 58 valence electrons. The molecule has 3 nitrogen and oxygen atoms in total. The Kier molecular flexibility index (Phi) is 1.49. The van der Waals surface area contributed by atoms with Crippen LogP contribution in [0.1, 0.15) is 6.42 Å². The van der Waals surface area contributed by atoms with Crippen LogP contribution in [0.15, 0.2) is 17.3 Å². The maximum Gasteiger partial charge on any atom is 0.243 e. The van der Waals surface area contributed by atoms with Gasteiger partial charge in [0.2, 0.25) is 5.91 Å². The standard InChI is InChI=1S/C7H8N2OS/c1-5-2-3-8-7-9(5)6(10)4-11-7/h1-4H2. The number of carbonyl (C=O) groups is 1.